The first-order valence-corrected chi connectivity index (χ1v) is 6.78. The van der Waals surface area contributed by atoms with Gasteiger partial charge in [0.05, 0.1) is 13.0 Å². The lowest BCUT2D eigenvalue weighted by atomic mass is 9.77. The predicted molar refractivity (Wildman–Crippen MR) is 69.2 cm³/mol. The van der Waals surface area contributed by atoms with Crippen LogP contribution in [0.5, 0.6) is 0 Å². The predicted octanol–water partition coefficient (Wildman–Crippen LogP) is 2.22. The molecule has 19 heavy (non-hydrogen) atoms. The molecular formula is C15H18FNO2. The summed E-state index contributed by atoms with van der Waals surface area (Å²) < 4.78 is 18.0. The van der Waals surface area contributed by atoms with Gasteiger partial charge >= 0.3 is 5.97 Å². The maximum Gasteiger partial charge on any atom is 0.310 e. The summed E-state index contributed by atoms with van der Waals surface area (Å²) in [5.41, 5.74) is 1.04. The number of halogens is 1. The van der Waals surface area contributed by atoms with E-state index in [1.54, 1.807) is 12.1 Å². The van der Waals surface area contributed by atoms with Crippen LogP contribution in [0.15, 0.2) is 24.3 Å². The van der Waals surface area contributed by atoms with Crippen LogP contribution in [0.1, 0.15) is 30.7 Å². The number of rotatable bonds is 2. The van der Waals surface area contributed by atoms with E-state index in [2.05, 4.69) is 5.32 Å². The standard InChI is InChI=1S/C15H18FNO2/c1-19-15(18)14-12(8-11-6-7-13(14)17-11)9-2-4-10(16)5-3-9/h2-5,11-14,17H,6-8H2,1H3/t11?,12-,13+,14-/m0/s1. The molecule has 4 heteroatoms. The van der Waals surface area contributed by atoms with Gasteiger partial charge in [0.15, 0.2) is 0 Å². The third-order valence-corrected chi connectivity index (χ3v) is 4.45. The van der Waals surface area contributed by atoms with E-state index >= 15 is 0 Å². The summed E-state index contributed by atoms with van der Waals surface area (Å²) in [6.45, 7) is 0. The summed E-state index contributed by atoms with van der Waals surface area (Å²) in [5.74, 6) is -0.427. The zero-order valence-corrected chi connectivity index (χ0v) is 10.9. The van der Waals surface area contributed by atoms with Crippen molar-refractivity contribution in [2.75, 3.05) is 7.11 Å². The number of carbonyl (C=O) groups is 1. The average Bonchev–Trinajstić information content (AvgIpc) is 2.80. The number of fused-ring (bicyclic) bond motifs is 2. The minimum atomic E-state index is -0.240. The van der Waals surface area contributed by atoms with Crippen molar-refractivity contribution in [3.05, 3.63) is 35.6 Å². The molecule has 1 N–H and O–H groups in total. The van der Waals surface area contributed by atoms with Gasteiger partial charge in [-0.3, -0.25) is 4.79 Å². The van der Waals surface area contributed by atoms with Crippen LogP contribution >= 0.6 is 0 Å². The van der Waals surface area contributed by atoms with Crippen molar-refractivity contribution in [1.29, 1.82) is 0 Å². The van der Waals surface area contributed by atoms with Crippen LogP contribution in [0.4, 0.5) is 4.39 Å². The molecule has 3 nitrogen and oxygen atoms in total. The fourth-order valence-electron chi connectivity index (χ4n) is 3.57. The van der Waals surface area contributed by atoms with Gasteiger partial charge in [-0.1, -0.05) is 12.1 Å². The van der Waals surface area contributed by atoms with E-state index in [1.807, 2.05) is 0 Å². The molecular weight excluding hydrogens is 245 g/mol. The quantitative estimate of drug-likeness (QED) is 0.831. The van der Waals surface area contributed by atoms with Crippen LogP contribution in [0, 0.1) is 11.7 Å². The molecule has 0 radical (unpaired) electrons. The third-order valence-electron chi connectivity index (χ3n) is 4.45. The Morgan fingerprint density at radius 3 is 2.74 bits per heavy atom. The molecule has 0 spiro atoms. The second kappa shape index (κ2) is 4.93. The minimum Gasteiger partial charge on any atom is -0.469 e. The number of nitrogens with one attached hydrogen (secondary N) is 1. The van der Waals surface area contributed by atoms with E-state index in [0.717, 1.165) is 24.8 Å². The molecule has 2 aliphatic rings. The van der Waals surface area contributed by atoms with Crippen LogP contribution in [0.2, 0.25) is 0 Å². The Morgan fingerprint density at radius 2 is 2.05 bits per heavy atom. The molecule has 1 aromatic carbocycles. The highest BCUT2D eigenvalue weighted by Crippen LogP contribution is 2.42. The summed E-state index contributed by atoms with van der Waals surface area (Å²) >= 11 is 0. The number of piperidine rings is 1. The van der Waals surface area contributed by atoms with Crippen LogP contribution in [0.25, 0.3) is 0 Å². The highest BCUT2D eigenvalue weighted by molar-refractivity contribution is 5.75. The van der Waals surface area contributed by atoms with E-state index < -0.39 is 0 Å². The van der Waals surface area contributed by atoms with Crippen LogP contribution in [0.3, 0.4) is 0 Å². The summed E-state index contributed by atoms with van der Waals surface area (Å²) in [6.07, 6.45) is 3.04. The molecule has 102 valence electrons. The van der Waals surface area contributed by atoms with E-state index in [-0.39, 0.29) is 29.7 Å². The molecule has 2 bridgehead atoms. The molecule has 0 aromatic heterocycles. The Labute approximate surface area is 112 Å². The second-order valence-corrected chi connectivity index (χ2v) is 5.49. The van der Waals surface area contributed by atoms with Crippen LogP contribution < -0.4 is 5.32 Å². The van der Waals surface area contributed by atoms with Gasteiger partial charge in [-0.2, -0.15) is 0 Å². The first-order valence-electron chi connectivity index (χ1n) is 6.78. The van der Waals surface area contributed by atoms with Gasteiger partial charge in [0.1, 0.15) is 5.82 Å². The Kier molecular flexibility index (Phi) is 3.27. The monoisotopic (exact) mass is 263 g/mol. The van der Waals surface area contributed by atoms with Crippen molar-refractivity contribution < 1.29 is 13.9 Å². The molecule has 2 saturated heterocycles. The fourth-order valence-corrected chi connectivity index (χ4v) is 3.57. The zero-order chi connectivity index (χ0) is 13.4. The van der Waals surface area contributed by atoms with Crippen molar-refractivity contribution in [3.8, 4) is 0 Å². The first kappa shape index (κ1) is 12.6. The van der Waals surface area contributed by atoms with Gasteiger partial charge in [0.2, 0.25) is 0 Å². The van der Waals surface area contributed by atoms with E-state index in [1.165, 1.54) is 19.2 Å². The highest BCUT2D eigenvalue weighted by atomic mass is 19.1. The summed E-state index contributed by atoms with van der Waals surface area (Å²) in [7, 11) is 1.44. The maximum atomic E-state index is 13.0. The lowest BCUT2D eigenvalue weighted by Crippen LogP contribution is -2.48. The zero-order valence-electron chi connectivity index (χ0n) is 10.9. The van der Waals surface area contributed by atoms with E-state index in [4.69, 9.17) is 4.74 Å². The smallest absolute Gasteiger partial charge is 0.310 e. The molecule has 2 heterocycles. The Morgan fingerprint density at radius 1 is 1.32 bits per heavy atom. The largest absolute Gasteiger partial charge is 0.469 e. The number of benzene rings is 1. The van der Waals surface area contributed by atoms with Crippen molar-refractivity contribution in [3.63, 3.8) is 0 Å². The Balaban J connectivity index is 1.92. The number of esters is 1. The molecule has 2 fully saturated rings. The molecule has 0 saturated carbocycles. The van der Waals surface area contributed by atoms with Crippen molar-refractivity contribution in [2.45, 2.75) is 37.3 Å². The molecule has 3 rings (SSSR count). The fraction of sp³-hybridized carbons (Fsp3) is 0.533. The normalized spacial score (nSPS) is 33.2. The number of hydrogen-bond donors (Lipinski definition) is 1. The van der Waals surface area contributed by atoms with Crippen molar-refractivity contribution in [1.82, 2.24) is 5.32 Å². The third kappa shape index (κ3) is 2.25. The lowest BCUT2D eigenvalue weighted by molar-refractivity contribution is -0.148. The van der Waals surface area contributed by atoms with E-state index in [0.29, 0.717) is 6.04 Å². The molecule has 0 aliphatic carbocycles. The summed E-state index contributed by atoms with van der Waals surface area (Å²) in [4.78, 5) is 12.1. The molecule has 1 aromatic rings. The Bertz CT molecular complexity index is 474. The molecule has 1 unspecified atom stereocenters. The van der Waals surface area contributed by atoms with Gasteiger partial charge < -0.3 is 10.1 Å². The van der Waals surface area contributed by atoms with Crippen LogP contribution in [-0.2, 0) is 9.53 Å². The summed E-state index contributed by atoms with van der Waals surface area (Å²) in [6, 6.07) is 7.19. The van der Waals surface area contributed by atoms with Crippen molar-refractivity contribution >= 4 is 5.97 Å². The first-order chi connectivity index (χ1) is 9.19. The lowest BCUT2D eigenvalue weighted by Gasteiger charge is -2.36. The van der Waals surface area contributed by atoms with Crippen LogP contribution in [-0.4, -0.2) is 25.2 Å². The summed E-state index contributed by atoms with van der Waals surface area (Å²) in [5, 5.41) is 3.49. The minimum absolute atomic E-state index is 0.131. The Hall–Kier alpha value is -1.42. The van der Waals surface area contributed by atoms with E-state index in [9.17, 15) is 9.18 Å². The average molecular weight is 263 g/mol. The van der Waals surface area contributed by atoms with Crippen molar-refractivity contribution in [2.24, 2.45) is 5.92 Å². The van der Waals surface area contributed by atoms with Gasteiger partial charge in [0, 0.05) is 18.0 Å². The van der Waals surface area contributed by atoms with Gasteiger partial charge in [-0.05, 0) is 37.0 Å². The number of hydrogen-bond acceptors (Lipinski definition) is 3. The number of methoxy groups -OCH3 is 1. The molecule has 0 amide bonds. The maximum absolute atomic E-state index is 13.0. The molecule has 4 atom stereocenters. The van der Waals surface area contributed by atoms with Gasteiger partial charge in [-0.15, -0.1) is 0 Å². The highest BCUT2D eigenvalue weighted by Gasteiger charge is 2.46. The van der Waals surface area contributed by atoms with Gasteiger partial charge in [-0.25, -0.2) is 4.39 Å². The SMILES string of the molecule is COC(=O)[C@@H]1[C@H]2CCC(C[C@H]1c1ccc(F)cc1)N2. The van der Waals surface area contributed by atoms with Gasteiger partial charge in [0.25, 0.3) is 0 Å². The second-order valence-electron chi connectivity index (χ2n) is 5.49. The number of carbonyl (C=O) groups excluding carboxylic acids is 1. The number of ether oxygens (including phenoxy) is 1. The molecule has 2 aliphatic heterocycles. The topological polar surface area (TPSA) is 38.3 Å².